The molecule has 0 aromatic carbocycles. The van der Waals surface area contributed by atoms with Gasteiger partial charge in [0.2, 0.25) is 5.91 Å². The molecule has 1 aromatic heterocycles. The first kappa shape index (κ1) is 21.0. The normalized spacial score (nSPS) is 28.6. The molecular formula is C23H31N3O4. The molecule has 3 heterocycles. The average Bonchev–Trinajstić information content (AvgIpc) is 3.26. The average molecular weight is 414 g/mol. The fourth-order valence-electron chi connectivity index (χ4n) is 4.93. The number of amides is 2. The van der Waals surface area contributed by atoms with Crippen molar-refractivity contribution < 1.29 is 19.4 Å². The van der Waals surface area contributed by atoms with Crippen LogP contribution in [0.25, 0.3) is 0 Å². The van der Waals surface area contributed by atoms with E-state index in [1.54, 1.807) is 12.1 Å². The van der Waals surface area contributed by atoms with Gasteiger partial charge in [-0.15, -0.1) is 0 Å². The zero-order valence-corrected chi connectivity index (χ0v) is 17.8. The van der Waals surface area contributed by atoms with Crippen molar-refractivity contribution in [2.24, 2.45) is 5.92 Å². The SMILES string of the molecule is Cc1cccc(C(=O)N[C@@]2(C)CC3(CCN(C(=O)C4CC=CC4)CC3)OC[C@@H]2O)n1. The van der Waals surface area contributed by atoms with Crippen LogP contribution in [-0.4, -0.2) is 63.7 Å². The van der Waals surface area contributed by atoms with Gasteiger partial charge in [0.25, 0.3) is 5.91 Å². The molecule has 2 amide bonds. The summed E-state index contributed by atoms with van der Waals surface area (Å²) >= 11 is 0. The third-order valence-corrected chi connectivity index (χ3v) is 6.84. The van der Waals surface area contributed by atoms with Crippen LogP contribution in [0, 0.1) is 12.8 Å². The molecule has 0 bridgehead atoms. The lowest BCUT2D eigenvalue weighted by Crippen LogP contribution is -2.66. The Morgan fingerprint density at radius 2 is 1.93 bits per heavy atom. The Hall–Kier alpha value is -2.25. The number of pyridine rings is 1. The van der Waals surface area contributed by atoms with Crippen molar-refractivity contribution >= 4 is 11.8 Å². The molecule has 0 saturated carbocycles. The second kappa shape index (κ2) is 8.12. The summed E-state index contributed by atoms with van der Waals surface area (Å²) < 4.78 is 6.11. The largest absolute Gasteiger partial charge is 0.388 e. The smallest absolute Gasteiger partial charge is 0.270 e. The number of hydrogen-bond acceptors (Lipinski definition) is 5. The number of hydrogen-bond donors (Lipinski definition) is 2. The quantitative estimate of drug-likeness (QED) is 0.740. The van der Waals surface area contributed by atoms with E-state index in [-0.39, 0.29) is 24.3 Å². The summed E-state index contributed by atoms with van der Waals surface area (Å²) in [5.74, 6) is 0.0189. The number of aliphatic hydroxyl groups is 1. The van der Waals surface area contributed by atoms with Crippen LogP contribution < -0.4 is 5.32 Å². The predicted octanol–water partition coefficient (Wildman–Crippen LogP) is 1.99. The van der Waals surface area contributed by atoms with Gasteiger partial charge in [-0.05, 0) is 51.7 Å². The van der Waals surface area contributed by atoms with E-state index in [2.05, 4.69) is 22.5 Å². The molecule has 2 aliphatic heterocycles. The van der Waals surface area contributed by atoms with E-state index in [4.69, 9.17) is 4.74 Å². The summed E-state index contributed by atoms with van der Waals surface area (Å²) in [5, 5.41) is 13.7. The molecule has 2 atom stereocenters. The third-order valence-electron chi connectivity index (χ3n) is 6.84. The molecule has 1 aliphatic carbocycles. The molecule has 1 spiro atoms. The molecule has 7 heteroatoms. The van der Waals surface area contributed by atoms with Crippen molar-refractivity contribution in [2.75, 3.05) is 19.7 Å². The Bertz CT molecular complexity index is 839. The Kier molecular flexibility index (Phi) is 5.68. The zero-order valence-electron chi connectivity index (χ0n) is 17.8. The van der Waals surface area contributed by atoms with Gasteiger partial charge in [0.1, 0.15) is 11.8 Å². The van der Waals surface area contributed by atoms with E-state index in [0.717, 1.165) is 18.5 Å². The molecule has 4 rings (SSSR count). The number of carbonyl (C=O) groups excluding carboxylic acids is 2. The second-order valence-electron chi connectivity index (χ2n) is 9.19. The molecule has 2 saturated heterocycles. The van der Waals surface area contributed by atoms with Gasteiger partial charge >= 0.3 is 0 Å². The van der Waals surface area contributed by atoms with Gasteiger partial charge in [-0.25, -0.2) is 4.98 Å². The minimum Gasteiger partial charge on any atom is -0.388 e. The number of ether oxygens (including phenoxy) is 1. The van der Waals surface area contributed by atoms with E-state index in [1.807, 2.05) is 24.8 Å². The lowest BCUT2D eigenvalue weighted by atomic mass is 9.74. The fourth-order valence-corrected chi connectivity index (χ4v) is 4.93. The zero-order chi connectivity index (χ0) is 21.4. The van der Waals surface area contributed by atoms with E-state index >= 15 is 0 Å². The molecule has 0 radical (unpaired) electrons. The van der Waals surface area contributed by atoms with Crippen molar-refractivity contribution in [1.29, 1.82) is 0 Å². The van der Waals surface area contributed by atoms with Gasteiger partial charge < -0.3 is 20.1 Å². The Balaban J connectivity index is 1.41. The van der Waals surface area contributed by atoms with Crippen LogP contribution in [0.15, 0.2) is 30.4 Å². The number of likely N-dealkylation sites (tertiary alicyclic amines) is 1. The van der Waals surface area contributed by atoms with Crippen LogP contribution in [0.5, 0.6) is 0 Å². The first-order valence-electron chi connectivity index (χ1n) is 10.8. The van der Waals surface area contributed by atoms with Gasteiger partial charge in [0.05, 0.1) is 17.7 Å². The molecule has 1 aromatic rings. The van der Waals surface area contributed by atoms with E-state index in [9.17, 15) is 14.7 Å². The lowest BCUT2D eigenvalue weighted by Gasteiger charge is -2.52. The highest BCUT2D eigenvalue weighted by atomic mass is 16.5. The molecule has 3 aliphatic rings. The van der Waals surface area contributed by atoms with Crippen LogP contribution in [0.2, 0.25) is 0 Å². The highest BCUT2D eigenvalue weighted by Gasteiger charge is 2.50. The predicted molar refractivity (Wildman–Crippen MR) is 112 cm³/mol. The molecule has 30 heavy (non-hydrogen) atoms. The Morgan fingerprint density at radius 3 is 2.60 bits per heavy atom. The van der Waals surface area contributed by atoms with E-state index in [1.165, 1.54) is 0 Å². The third kappa shape index (κ3) is 4.14. The number of nitrogens with zero attached hydrogens (tertiary/aromatic N) is 2. The molecule has 2 N–H and O–H groups in total. The highest BCUT2D eigenvalue weighted by molar-refractivity contribution is 5.92. The van der Waals surface area contributed by atoms with E-state index < -0.39 is 17.2 Å². The van der Waals surface area contributed by atoms with Gasteiger partial charge in [-0.1, -0.05) is 18.2 Å². The maximum Gasteiger partial charge on any atom is 0.270 e. The van der Waals surface area contributed by atoms with Gasteiger partial charge in [0.15, 0.2) is 0 Å². The van der Waals surface area contributed by atoms with Crippen molar-refractivity contribution in [2.45, 2.75) is 63.2 Å². The number of nitrogens with one attached hydrogen (secondary N) is 1. The van der Waals surface area contributed by atoms with Crippen molar-refractivity contribution in [1.82, 2.24) is 15.2 Å². The molecule has 7 nitrogen and oxygen atoms in total. The monoisotopic (exact) mass is 413 g/mol. The van der Waals surface area contributed by atoms with Crippen LogP contribution in [0.3, 0.4) is 0 Å². The maximum atomic E-state index is 12.8. The number of allylic oxidation sites excluding steroid dienone is 2. The van der Waals surface area contributed by atoms with Crippen molar-refractivity contribution in [3.05, 3.63) is 41.7 Å². The van der Waals surface area contributed by atoms with Crippen LogP contribution in [0.1, 0.15) is 55.2 Å². The van der Waals surface area contributed by atoms with Gasteiger partial charge in [-0.3, -0.25) is 9.59 Å². The number of aromatic nitrogens is 1. The number of aliphatic hydroxyl groups excluding tert-OH is 1. The number of carbonyl (C=O) groups is 2. The number of piperidine rings is 1. The van der Waals surface area contributed by atoms with Crippen LogP contribution in [-0.2, 0) is 9.53 Å². The molecule has 0 unspecified atom stereocenters. The number of rotatable bonds is 3. The Labute approximate surface area is 177 Å². The summed E-state index contributed by atoms with van der Waals surface area (Å²) in [6, 6.07) is 5.32. The Morgan fingerprint density at radius 1 is 1.23 bits per heavy atom. The highest BCUT2D eigenvalue weighted by Crippen LogP contribution is 2.40. The summed E-state index contributed by atoms with van der Waals surface area (Å²) in [5.41, 5.74) is -0.144. The second-order valence-corrected chi connectivity index (χ2v) is 9.19. The molecule has 162 valence electrons. The minimum absolute atomic E-state index is 0.0829. The summed E-state index contributed by atoms with van der Waals surface area (Å²) in [7, 11) is 0. The fraction of sp³-hybridized carbons (Fsp3) is 0.609. The van der Waals surface area contributed by atoms with Gasteiger partial charge in [-0.2, -0.15) is 0 Å². The lowest BCUT2D eigenvalue weighted by molar-refractivity contribution is -0.180. The first-order chi connectivity index (χ1) is 14.3. The topological polar surface area (TPSA) is 91.8 Å². The van der Waals surface area contributed by atoms with Crippen LogP contribution in [0.4, 0.5) is 0 Å². The standard InChI is InChI=1S/C23H31N3O4/c1-16-6-5-9-18(24-16)20(28)25-22(2)15-23(30-14-19(22)27)10-12-26(13-11-23)21(29)17-7-3-4-8-17/h3-6,9,17,19,27H,7-8,10-15H2,1-2H3,(H,25,28)/t19-,22-/m0/s1. The maximum absolute atomic E-state index is 12.8. The minimum atomic E-state index is -0.817. The summed E-state index contributed by atoms with van der Waals surface area (Å²) in [4.78, 5) is 31.8. The summed E-state index contributed by atoms with van der Waals surface area (Å²) in [6.45, 7) is 5.17. The van der Waals surface area contributed by atoms with Gasteiger partial charge in [0, 0.05) is 31.1 Å². The molecular weight excluding hydrogens is 382 g/mol. The van der Waals surface area contributed by atoms with Crippen LogP contribution >= 0.6 is 0 Å². The molecule has 2 fully saturated rings. The van der Waals surface area contributed by atoms with Crippen molar-refractivity contribution in [3.63, 3.8) is 0 Å². The van der Waals surface area contributed by atoms with Crippen molar-refractivity contribution in [3.8, 4) is 0 Å². The van der Waals surface area contributed by atoms with E-state index in [0.29, 0.717) is 38.0 Å². The number of aryl methyl sites for hydroxylation is 1. The first-order valence-corrected chi connectivity index (χ1v) is 10.8. The summed E-state index contributed by atoms with van der Waals surface area (Å²) in [6.07, 6.45) is 6.94.